The molecule has 2 heteroatoms. The Kier molecular flexibility index (Phi) is 3.96. The monoisotopic (exact) mass is 247 g/mol. The van der Waals surface area contributed by atoms with Crippen molar-refractivity contribution in [2.24, 2.45) is 17.6 Å². The van der Waals surface area contributed by atoms with Gasteiger partial charge in [-0.1, -0.05) is 38.5 Å². The molecule has 0 saturated heterocycles. The summed E-state index contributed by atoms with van der Waals surface area (Å²) in [5.41, 5.74) is 8.72. The number of hydrogen-bond donors (Lipinski definition) is 1. The average molecular weight is 247 g/mol. The summed E-state index contributed by atoms with van der Waals surface area (Å²) >= 11 is 0. The fraction of sp³-hybridized carbons (Fsp3) is 0.625. The third kappa shape index (κ3) is 2.86. The molecule has 0 aromatic heterocycles. The van der Waals surface area contributed by atoms with Gasteiger partial charge in [0.2, 0.25) is 0 Å². The van der Waals surface area contributed by atoms with E-state index in [0.29, 0.717) is 11.8 Å². The van der Waals surface area contributed by atoms with E-state index in [-0.39, 0.29) is 12.1 Å². The zero-order valence-electron chi connectivity index (χ0n) is 11.9. The number of ether oxygens (including phenoxy) is 1. The lowest BCUT2D eigenvalue weighted by molar-refractivity contribution is 0.0962. The highest BCUT2D eigenvalue weighted by Gasteiger charge is 2.29. The molecule has 0 aliphatic carbocycles. The molecule has 0 fully saturated rings. The zero-order valence-corrected chi connectivity index (χ0v) is 11.9. The van der Waals surface area contributed by atoms with Gasteiger partial charge in [0.1, 0.15) is 11.9 Å². The van der Waals surface area contributed by atoms with Crippen LogP contribution in [0.3, 0.4) is 0 Å². The maximum atomic E-state index is 6.29. The maximum absolute atomic E-state index is 6.29. The minimum Gasteiger partial charge on any atom is -0.490 e. The number of hydrogen-bond acceptors (Lipinski definition) is 2. The Morgan fingerprint density at radius 1 is 1.33 bits per heavy atom. The number of benzene rings is 1. The van der Waals surface area contributed by atoms with Crippen molar-refractivity contribution in [3.8, 4) is 5.75 Å². The van der Waals surface area contributed by atoms with Crippen molar-refractivity contribution >= 4 is 0 Å². The maximum Gasteiger partial charge on any atom is 0.124 e. The van der Waals surface area contributed by atoms with Gasteiger partial charge in [0.15, 0.2) is 0 Å². The molecule has 2 nitrogen and oxygen atoms in total. The smallest absolute Gasteiger partial charge is 0.124 e. The summed E-state index contributed by atoms with van der Waals surface area (Å²) in [6.45, 7) is 8.89. The van der Waals surface area contributed by atoms with Crippen LogP contribution in [-0.2, 0) is 0 Å². The minimum atomic E-state index is 0.119. The van der Waals surface area contributed by atoms with Crippen molar-refractivity contribution in [1.29, 1.82) is 0 Å². The van der Waals surface area contributed by atoms with E-state index < -0.39 is 0 Å². The highest BCUT2D eigenvalue weighted by Crippen LogP contribution is 2.37. The van der Waals surface area contributed by atoms with E-state index in [9.17, 15) is 0 Å². The fourth-order valence-electron chi connectivity index (χ4n) is 2.90. The number of rotatable bonds is 3. The van der Waals surface area contributed by atoms with Gasteiger partial charge in [0.25, 0.3) is 0 Å². The molecule has 0 saturated carbocycles. The molecule has 0 radical (unpaired) electrons. The van der Waals surface area contributed by atoms with Gasteiger partial charge in [-0.05, 0) is 31.2 Å². The van der Waals surface area contributed by atoms with Gasteiger partial charge in [-0.25, -0.2) is 0 Å². The Morgan fingerprint density at radius 3 is 2.72 bits per heavy atom. The highest BCUT2D eigenvalue weighted by atomic mass is 16.5. The van der Waals surface area contributed by atoms with Crippen molar-refractivity contribution < 1.29 is 4.74 Å². The van der Waals surface area contributed by atoms with Crippen LogP contribution in [-0.4, -0.2) is 6.10 Å². The molecule has 0 spiro atoms. The summed E-state index contributed by atoms with van der Waals surface area (Å²) < 4.78 is 6.14. The SMILES string of the molecule is Cc1ccc2c(c1)[C@@H](N)CC(C(C)CC(C)C)O2. The molecule has 100 valence electrons. The molecular weight excluding hydrogens is 222 g/mol. The summed E-state index contributed by atoms with van der Waals surface area (Å²) in [6.07, 6.45) is 2.39. The quantitative estimate of drug-likeness (QED) is 0.881. The third-order valence-electron chi connectivity index (χ3n) is 3.81. The summed E-state index contributed by atoms with van der Waals surface area (Å²) in [5, 5.41) is 0. The molecule has 3 atom stereocenters. The molecule has 1 aromatic carbocycles. The Bertz CT molecular complexity index is 414. The summed E-state index contributed by atoms with van der Waals surface area (Å²) in [6, 6.07) is 6.44. The molecule has 1 heterocycles. The Balaban J connectivity index is 2.15. The fourth-order valence-corrected chi connectivity index (χ4v) is 2.90. The van der Waals surface area contributed by atoms with E-state index in [0.717, 1.165) is 12.2 Å². The second-order valence-electron chi connectivity index (χ2n) is 6.15. The Labute approximate surface area is 111 Å². The average Bonchev–Trinajstić information content (AvgIpc) is 2.29. The molecule has 1 aliphatic rings. The van der Waals surface area contributed by atoms with Crippen LogP contribution in [0.5, 0.6) is 5.75 Å². The van der Waals surface area contributed by atoms with E-state index in [1.54, 1.807) is 0 Å². The molecule has 18 heavy (non-hydrogen) atoms. The van der Waals surface area contributed by atoms with Crippen LogP contribution in [0.2, 0.25) is 0 Å². The van der Waals surface area contributed by atoms with Gasteiger partial charge in [0, 0.05) is 18.0 Å². The van der Waals surface area contributed by atoms with Gasteiger partial charge < -0.3 is 10.5 Å². The summed E-state index contributed by atoms with van der Waals surface area (Å²) in [4.78, 5) is 0. The standard InChI is InChI=1S/C16H25NO/c1-10(2)7-12(4)16-9-14(17)13-8-11(3)5-6-15(13)18-16/h5-6,8,10,12,14,16H,7,9,17H2,1-4H3/t12?,14-,16?/m0/s1. The van der Waals surface area contributed by atoms with E-state index in [2.05, 4.69) is 45.9 Å². The Hall–Kier alpha value is -1.02. The second kappa shape index (κ2) is 5.31. The van der Waals surface area contributed by atoms with Gasteiger partial charge in [-0.2, -0.15) is 0 Å². The topological polar surface area (TPSA) is 35.2 Å². The van der Waals surface area contributed by atoms with Crippen molar-refractivity contribution in [3.63, 3.8) is 0 Å². The summed E-state index contributed by atoms with van der Waals surface area (Å²) in [5.74, 6) is 2.25. The lowest BCUT2D eigenvalue weighted by Crippen LogP contribution is -2.34. The highest BCUT2D eigenvalue weighted by molar-refractivity contribution is 5.40. The van der Waals surface area contributed by atoms with Gasteiger partial charge >= 0.3 is 0 Å². The van der Waals surface area contributed by atoms with Crippen LogP contribution in [0.1, 0.15) is 50.8 Å². The zero-order chi connectivity index (χ0) is 13.3. The second-order valence-corrected chi connectivity index (χ2v) is 6.15. The number of aryl methyl sites for hydroxylation is 1. The first-order valence-electron chi connectivity index (χ1n) is 7.00. The molecule has 2 unspecified atom stereocenters. The molecule has 0 bridgehead atoms. The largest absolute Gasteiger partial charge is 0.490 e. The molecule has 0 amide bonds. The lowest BCUT2D eigenvalue weighted by Gasteiger charge is -2.34. The summed E-state index contributed by atoms with van der Waals surface area (Å²) in [7, 11) is 0. The predicted octanol–water partition coefficient (Wildman–Crippen LogP) is 3.83. The first-order valence-corrected chi connectivity index (χ1v) is 7.00. The van der Waals surface area contributed by atoms with Crippen molar-refractivity contribution in [1.82, 2.24) is 0 Å². The molecular formula is C16H25NO. The van der Waals surface area contributed by atoms with Crippen LogP contribution in [0.4, 0.5) is 0 Å². The molecule has 2 N–H and O–H groups in total. The normalized spacial score (nSPS) is 24.6. The van der Waals surface area contributed by atoms with Gasteiger partial charge in [0.05, 0.1) is 0 Å². The third-order valence-corrected chi connectivity index (χ3v) is 3.81. The predicted molar refractivity (Wildman–Crippen MR) is 75.8 cm³/mol. The molecule has 1 aliphatic heterocycles. The minimum absolute atomic E-state index is 0.119. The van der Waals surface area contributed by atoms with E-state index in [1.807, 2.05) is 0 Å². The van der Waals surface area contributed by atoms with Gasteiger partial charge in [-0.3, -0.25) is 0 Å². The number of fused-ring (bicyclic) bond motifs is 1. The molecule has 1 aromatic rings. The van der Waals surface area contributed by atoms with Crippen LogP contribution in [0.15, 0.2) is 18.2 Å². The number of nitrogens with two attached hydrogens (primary N) is 1. The van der Waals surface area contributed by atoms with E-state index in [1.165, 1.54) is 17.5 Å². The lowest BCUT2D eigenvalue weighted by atomic mass is 9.86. The molecule has 2 rings (SSSR count). The Morgan fingerprint density at radius 2 is 2.06 bits per heavy atom. The van der Waals surface area contributed by atoms with E-state index >= 15 is 0 Å². The van der Waals surface area contributed by atoms with Crippen molar-refractivity contribution in [2.75, 3.05) is 0 Å². The first kappa shape index (κ1) is 13.4. The van der Waals surface area contributed by atoms with Crippen LogP contribution in [0.25, 0.3) is 0 Å². The van der Waals surface area contributed by atoms with Crippen molar-refractivity contribution in [2.45, 2.75) is 52.7 Å². The van der Waals surface area contributed by atoms with Crippen LogP contribution >= 0.6 is 0 Å². The van der Waals surface area contributed by atoms with E-state index in [4.69, 9.17) is 10.5 Å². The van der Waals surface area contributed by atoms with Crippen LogP contribution < -0.4 is 10.5 Å². The van der Waals surface area contributed by atoms with Crippen LogP contribution in [0, 0.1) is 18.8 Å². The van der Waals surface area contributed by atoms with Gasteiger partial charge in [-0.15, -0.1) is 0 Å². The first-order chi connectivity index (χ1) is 8.47. The van der Waals surface area contributed by atoms with Crippen molar-refractivity contribution in [3.05, 3.63) is 29.3 Å².